The Labute approximate surface area is 285 Å². The molecule has 0 saturated carbocycles. The van der Waals surface area contributed by atoms with Gasteiger partial charge in [-0.2, -0.15) is 0 Å². The fraction of sp³-hybridized carbons (Fsp3) is 0.395. The number of halogens is 1. The highest BCUT2D eigenvalue weighted by Gasteiger charge is 2.56. The summed E-state index contributed by atoms with van der Waals surface area (Å²) in [5.41, 5.74) is 4.34. The summed E-state index contributed by atoms with van der Waals surface area (Å²) in [5.74, 6) is -2.72. The number of piperidine rings is 1. The van der Waals surface area contributed by atoms with Gasteiger partial charge in [0.1, 0.15) is 5.75 Å². The SMILES string of the molecule is O=C1[C@@H]2[C@@H](CC(CO)=C([C@H](O)CC/C(=C/c3ccc(O)cc3Cl)c3ccccn3)[C@@H]2CO)C(=O)N1C1CCN(Cc2ccccc2)CC1. The number of phenolic OH excluding ortho intramolecular Hbond substituents is 1. The normalized spacial score (nSPS) is 23.1. The summed E-state index contributed by atoms with van der Waals surface area (Å²) in [6, 6.07) is 20.2. The lowest BCUT2D eigenvalue weighted by Crippen LogP contribution is -2.47. The molecule has 0 unspecified atom stereocenters. The lowest BCUT2D eigenvalue weighted by atomic mass is 9.68. The van der Waals surface area contributed by atoms with Gasteiger partial charge in [0.2, 0.25) is 11.8 Å². The van der Waals surface area contributed by atoms with Gasteiger partial charge in [-0.1, -0.05) is 48.0 Å². The maximum absolute atomic E-state index is 14.0. The summed E-state index contributed by atoms with van der Waals surface area (Å²) in [5, 5.41) is 43.0. The maximum atomic E-state index is 14.0. The number of carbonyl (C=O) groups excluding carboxylic acids is 2. The number of phenols is 1. The number of hydrogen-bond donors (Lipinski definition) is 4. The number of imide groups is 1. The van der Waals surface area contributed by atoms with Crippen LogP contribution in [-0.4, -0.2) is 85.5 Å². The lowest BCUT2D eigenvalue weighted by Gasteiger charge is -2.36. The van der Waals surface area contributed by atoms with E-state index in [4.69, 9.17) is 11.6 Å². The minimum absolute atomic E-state index is 0.0492. The molecule has 4 N–H and O–H groups in total. The molecular weight excluding hydrogens is 630 g/mol. The van der Waals surface area contributed by atoms with E-state index >= 15 is 0 Å². The van der Waals surface area contributed by atoms with Crippen molar-refractivity contribution in [2.75, 3.05) is 26.3 Å². The molecule has 1 aliphatic carbocycles. The number of aliphatic hydroxyl groups is 3. The Bertz CT molecular complexity index is 1670. The Hall–Kier alpha value is -3.86. The van der Waals surface area contributed by atoms with Crippen molar-refractivity contribution in [2.24, 2.45) is 17.8 Å². The third-order valence-electron chi connectivity index (χ3n) is 10.1. The number of nitrogens with zero attached hydrogens (tertiary/aromatic N) is 3. The second-order valence-corrected chi connectivity index (χ2v) is 13.4. The lowest BCUT2D eigenvalue weighted by molar-refractivity contribution is -0.144. The van der Waals surface area contributed by atoms with E-state index in [1.807, 2.05) is 42.5 Å². The van der Waals surface area contributed by atoms with Crippen LogP contribution < -0.4 is 0 Å². The van der Waals surface area contributed by atoms with Gasteiger partial charge in [-0.25, -0.2) is 0 Å². The molecule has 48 heavy (non-hydrogen) atoms. The van der Waals surface area contributed by atoms with Gasteiger partial charge in [0.15, 0.2) is 0 Å². The summed E-state index contributed by atoms with van der Waals surface area (Å²) in [6.45, 7) is 1.54. The van der Waals surface area contributed by atoms with Crippen LogP contribution in [0.15, 0.2) is 84.1 Å². The van der Waals surface area contributed by atoms with Crippen LogP contribution in [-0.2, 0) is 16.1 Å². The molecule has 2 fully saturated rings. The number of likely N-dealkylation sites (tertiary alicyclic amines) is 2. The first kappa shape index (κ1) is 34.0. The van der Waals surface area contributed by atoms with Gasteiger partial charge in [0.05, 0.1) is 41.9 Å². The number of hydrogen-bond acceptors (Lipinski definition) is 8. The number of fused-ring (bicyclic) bond motifs is 1. The van der Waals surface area contributed by atoms with Crippen LogP contribution >= 0.6 is 11.6 Å². The van der Waals surface area contributed by atoms with Gasteiger partial charge >= 0.3 is 0 Å². The fourth-order valence-corrected chi connectivity index (χ4v) is 7.99. The predicted molar refractivity (Wildman–Crippen MR) is 183 cm³/mol. The minimum atomic E-state index is -1.08. The van der Waals surface area contributed by atoms with Gasteiger partial charge < -0.3 is 20.4 Å². The van der Waals surface area contributed by atoms with Crippen LogP contribution in [0.25, 0.3) is 11.6 Å². The standard InChI is InChI=1S/C38H42ClN3O6/c39-32-20-29(45)11-9-25(32)18-26(33-8-4-5-15-40-33)10-12-34(46)35-27(22-43)19-30-36(31(35)23-44)38(48)42(37(30)47)28-13-16-41(17-14-28)21-24-6-2-1-3-7-24/h1-9,11,15,18,20,28,30-31,34,36,43-46H,10,12-14,16-17,19,21-23H2/b26-18-/t30-,31+,34-,36-/m1/s1. The average Bonchev–Trinajstić information content (AvgIpc) is 3.36. The van der Waals surface area contributed by atoms with Gasteiger partial charge in [-0.05, 0) is 96.4 Å². The van der Waals surface area contributed by atoms with Crippen LogP contribution in [0.2, 0.25) is 5.02 Å². The van der Waals surface area contributed by atoms with Crippen molar-refractivity contribution >= 4 is 35.1 Å². The summed E-state index contributed by atoms with van der Waals surface area (Å²) in [6.07, 6.45) is 4.57. The van der Waals surface area contributed by atoms with Crippen molar-refractivity contribution in [2.45, 2.75) is 50.8 Å². The number of aromatic nitrogens is 1. The zero-order valence-corrected chi connectivity index (χ0v) is 27.5. The zero-order chi connectivity index (χ0) is 33.8. The fourth-order valence-electron chi connectivity index (χ4n) is 7.76. The number of aliphatic hydroxyl groups excluding tert-OH is 3. The van der Waals surface area contributed by atoms with E-state index in [1.54, 1.807) is 18.3 Å². The molecule has 1 aromatic heterocycles. The molecule has 0 radical (unpaired) electrons. The maximum Gasteiger partial charge on any atom is 0.234 e. The molecule has 0 bridgehead atoms. The number of amides is 2. The van der Waals surface area contributed by atoms with Gasteiger partial charge in [-0.15, -0.1) is 0 Å². The third-order valence-corrected chi connectivity index (χ3v) is 10.5. The summed E-state index contributed by atoms with van der Waals surface area (Å²) in [7, 11) is 0. The first-order valence-corrected chi connectivity index (χ1v) is 17.0. The van der Waals surface area contributed by atoms with E-state index in [-0.39, 0.29) is 43.1 Å². The second kappa shape index (κ2) is 15.1. The Balaban J connectivity index is 1.18. The number of carbonyl (C=O) groups is 2. The first-order chi connectivity index (χ1) is 23.3. The monoisotopic (exact) mass is 671 g/mol. The minimum Gasteiger partial charge on any atom is -0.508 e. The van der Waals surface area contributed by atoms with Crippen molar-refractivity contribution in [1.82, 2.24) is 14.8 Å². The highest BCUT2D eigenvalue weighted by Crippen LogP contribution is 2.47. The molecule has 0 spiro atoms. The molecule has 3 heterocycles. The van der Waals surface area contributed by atoms with E-state index in [2.05, 4.69) is 22.0 Å². The quantitative estimate of drug-likeness (QED) is 0.171. The Morgan fingerprint density at radius 2 is 1.75 bits per heavy atom. The van der Waals surface area contributed by atoms with Gasteiger partial charge in [0, 0.05) is 37.8 Å². The van der Waals surface area contributed by atoms with E-state index < -0.39 is 30.5 Å². The number of rotatable bonds is 11. The van der Waals surface area contributed by atoms with E-state index in [9.17, 15) is 30.0 Å². The van der Waals surface area contributed by atoms with E-state index in [1.165, 1.54) is 16.5 Å². The van der Waals surface area contributed by atoms with Crippen LogP contribution in [0.5, 0.6) is 5.75 Å². The van der Waals surface area contributed by atoms with Crippen molar-refractivity contribution < 1.29 is 30.0 Å². The molecule has 2 saturated heterocycles. The third kappa shape index (κ3) is 7.11. The second-order valence-electron chi connectivity index (χ2n) is 13.0. The summed E-state index contributed by atoms with van der Waals surface area (Å²) >= 11 is 6.40. The summed E-state index contributed by atoms with van der Waals surface area (Å²) < 4.78 is 0. The summed E-state index contributed by atoms with van der Waals surface area (Å²) in [4.78, 5) is 36.1. The Morgan fingerprint density at radius 1 is 1.00 bits per heavy atom. The van der Waals surface area contributed by atoms with Crippen LogP contribution in [0.4, 0.5) is 0 Å². The van der Waals surface area contributed by atoms with E-state index in [0.29, 0.717) is 46.7 Å². The molecular formula is C38H42ClN3O6. The van der Waals surface area contributed by atoms with Crippen molar-refractivity contribution in [3.8, 4) is 5.75 Å². The van der Waals surface area contributed by atoms with Crippen LogP contribution in [0, 0.1) is 17.8 Å². The van der Waals surface area contributed by atoms with Crippen molar-refractivity contribution in [1.29, 1.82) is 0 Å². The topological polar surface area (TPSA) is 134 Å². The molecule has 2 aliphatic heterocycles. The molecule has 9 nitrogen and oxygen atoms in total. The molecule has 10 heteroatoms. The molecule has 4 atom stereocenters. The number of benzene rings is 2. The number of aromatic hydroxyl groups is 1. The van der Waals surface area contributed by atoms with Crippen LogP contribution in [0.1, 0.15) is 48.9 Å². The molecule has 2 amide bonds. The van der Waals surface area contributed by atoms with Crippen molar-refractivity contribution in [3.63, 3.8) is 0 Å². The molecule has 6 rings (SSSR count). The first-order valence-electron chi connectivity index (χ1n) is 16.6. The Morgan fingerprint density at radius 3 is 2.42 bits per heavy atom. The average molecular weight is 672 g/mol. The number of allylic oxidation sites excluding steroid dienone is 1. The largest absolute Gasteiger partial charge is 0.508 e. The molecule has 252 valence electrons. The molecule has 2 aromatic carbocycles. The van der Waals surface area contributed by atoms with E-state index in [0.717, 1.165) is 25.2 Å². The highest BCUT2D eigenvalue weighted by atomic mass is 35.5. The van der Waals surface area contributed by atoms with Crippen molar-refractivity contribution in [3.05, 3.63) is 106 Å². The Kier molecular flexibility index (Phi) is 10.7. The van der Waals surface area contributed by atoms with Crippen LogP contribution in [0.3, 0.4) is 0 Å². The predicted octanol–water partition coefficient (Wildman–Crippen LogP) is 4.69. The molecule has 3 aliphatic rings. The number of pyridine rings is 1. The van der Waals surface area contributed by atoms with Gasteiger partial charge in [-0.3, -0.25) is 24.4 Å². The molecule has 3 aromatic rings. The highest BCUT2D eigenvalue weighted by molar-refractivity contribution is 6.32. The van der Waals surface area contributed by atoms with Gasteiger partial charge in [0.25, 0.3) is 0 Å². The zero-order valence-electron chi connectivity index (χ0n) is 26.8. The smallest absolute Gasteiger partial charge is 0.234 e.